The molecule has 64 heavy (non-hydrogen) atoms. The SMILES string of the molecule is C1=C(c2cccs2)CC(c2ccc(C3=C(c4ccc(-c5ccc(-c6cccs6)s5)s4)C(c4ccc(-c5ccc(-c6cccs6)s5)s4)=C3c3ccc(-c4ccc(-c5cccs5)s4)s3)s2)=C1. The molecule has 0 aromatic carbocycles. The molecule has 308 valence electrons. The van der Waals surface area contributed by atoms with Crippen LogP contribution in [0.15, 0.2) is 167 Å². The van der Waals surface area contributed by atoms with Gasteiger partial charge in [-0.25, -0.2) is 0 Å². The van der Waals surface area contributed by atoms with Crippen LogP contribution in [0.25, 0.3) is 92.0 Å². The highest BCUT2D eigenvalue weighted by atomic mass is 32.1. The molecule has 2 aliphatic carbocycles. The quantitative estimate of drug-likeness (QED) is 0.114. The van der Waals surface area contributed by atoms with Crippen molar-refractivity contribution in [3.05, 3.63) is 196 Å². The highest BCUT2D eigenvalue weighted by Crippen LogP contribution is 2.62. The van der Waals surface area contributed by atoms with Gasteiger partial charge in [0.1, 0.15) is 0 Å². The van der Waals surface area contributed by atoms with Crippen molar-refractivity contribution in [1.29, 1.82) is 0 Å². The molecule has 11 aromatic rings. The van der Waals surface area contributed by atoms with Gasteiger partial charge in [0.15, 0.2) is 0 Å². The van der Waals surface area contributed by atoms with E-state index in [4.69, 9.17) is 0 Å². The summed E-state index contributed by atoms with van der Waals surface area (Å²) in [6, 6.07) is 50.3. The molecule has 0 atom stereocenters. The first-order valence-electron chi connectivity index (χ1n) is 20.4. The molecule has 0 saturated heterocycles. The lowest BCUT2D eigenvalue weighted by atomic mass is 9.77. The summed E-state index contributed by atoms with van der Waals surface area (Å²) in [4.78, 5) is 24.0. The van der Waals surface area contributed by atoms with Crippen molar-refractivity contribution in [3.8, 4) is 58.5 Å². The van der Waals surface area contributed by atoms with Gasteiger partial charge in [-0.05, 0) is 142 Å². The number of hydrogen-bond donors (Lipinski definition) is 0. The van der Waals surface area contributed by atoms with Gasteiger partial charge in [0.25, 0.3) is 0 Å². The third kappa shape index (κ3) is 7.26. The lowest BCUT2D eigenvalue weighted by Gasteiger charge is -2.30. The fraction of sp³-hybridized carbons (Fsp3) is 0.0189. The molecule has 11 heterocycles. The monoisotopic (exact) mass is 1020 g/mol. The van der Waals surface area contributed by atoms with Gasteiger partial charge < -0.3 is 0 Å². The molecule has 11 aromatic heterocycles. The molecule has 0 N–H and O–H groups in total. The summed E-state index contributed by atoms with van der Waals surface area (Å²) in [7, 11) is 0. The fourth-order valence-corrected chi connectivity index (χ4v) is 19.1. The van der Waals surface area contributed by atoms with Crippen LogP contribution >= 0.6 is 125 Å². The number of rotatable bonds is 12. The molecule has 0 fully saturated rings. The van der Waals surface area contributed by atoms with E-state index in [1.54, 1.807) is 0 Å². The second-order valence-electron chi connectivity index (χ2n) is 15.1. The average Bonchev–Trinajstić information content (AvgIpc) is 4.14. The Morgan fingerprint density at radius 1 is 0.219 bits per heavy atom. The summed E-state index contributed by atoms with van der Waals surface area (Å²) < 4.78 is 0. The van der Waals surface area contributed by atoms with Crippen LogP contribution in [-0.4, -0.2) is 0 Å². The van der Waals surface area contributed by atoms with Crippen molar-refractivity contribution in [1.82, 2.24) is 0 Å². The molecule has 0 unspecified atom stereocenters. The topological polar surface area (TPSA) is 0 Å². The molecular formula is C53H30S11. The van der Waals surface area contributed by atoms with E-state index in [-0.39, 0.29) is 0 Å². The van der Waals surface area contributed by atoms with E-state index in [9.17, 15) is 0 Å². The minimum Gasteiger partial charge on any atom is -0.144 e. The predicted octanol–water partition coefficient (Wildman–Crippen LogP) is 20.8. The molecule has 11 heteroatoms. The normalized spacial score (nSPS) is 13.9. The summed E-state index contributed by atoms with van der Waals surface area (Å²) in [5, 5.41) is 8.69. The first kappa shape index (κ1) is 40.0. The maximum absolute atomic E-state index is 2.40. The Morgan fingerprint density at radius 2 is 0.453 bits per heavy atom. The zero-order valence-corrected chi connectivity index (χ0v) is 42.3. The van der Waals surface area contributed by atoms with E-state index >= 15 is 0 Å². The number of thiophene rings is 11. The van der Waals surface area contributed by atoms with E-state index in [0.29, 0.717) is 0 Å². The summed E-state index contributed by atoms with van der Waals surface area (Å²) in [5.41, 5.74) is 8.31. The van der Waals surface area contributed by atoms with Crippen molar-refractivity contribution in [2.75, 3.05) is 0 Å². The van der Waals surface area contributed by atoms with Gasteiger partial charge in [0.05, 0.1) is 0 Å². The fourth-order valence-electron chi connectivity index (χ4n) is 8.27. The van der Waals surface area contributed by atoms with E-state index in [2.05, 4.69) is 167 Å². The second-order valence-corrected chi connectivity index (χ2v) is 26.5. The van der Waals surface area contributed by atoms with Gasteiger partial charge in [0, 0.05) is 117 Å². The van der Waals surface area contributed by atoms with Crippen LogP contribution in [0.4, 0.5) is 0 Å². The van der Waals surface area contributed by atoms with Crippen molar-refractivity contribution >= 4 is 158 Å². The average molecular weight is 1020 g/mol. The van der Waals surface area contributed by atoms with Gasteiger partial charge >= 0.3 is 0 Å². The largest absolute Gasteiger partial charge is 0.144 e. The predicted molar refractivity (Wildman–Crippen MR) is 296 cm³/mol. The van der Waals surface area contributed by atoms with E-state index in [1.807, 2.05) is 125 Å². The lowest BCUT2D eigenvalue weighted by Crippen LogP contribution is -2.07. The highest BCUT2D eigenvalue weighted by Gasteiger charge is 2.37. The van der Waals surface area contributed by atoms with Gasteiger partial charge in [0.2, 0.25) is 0 Å². The molecule has 2 aliphatic rings. The van der Waals surface area contributed by atoms with Crippen LogP contribution in [-0.2, 0) is 0 Å². The summed E-state index contributed by atoms with van der Waals surface area (Å²) >= 11 is 20.7. The van der Waals surface area contributed by atoms with E-state index in [0.717, 1.165) is 6.42 Å². The van der Waals surface area contributed by atoms with Gasteiger partial charge in [-0.3, -0.25) is 0 Å². The maximum atomic E-state index is 2.40. The third-order valence-corrected chi connectivity index (χ3v) is 23.7. The van der Waals surface area contributed by atoms with Crippen molar-refractivity contribution in [2.24, 2.45) is 0 Å². The van der Waals surface area contributed by atoms with Gasteiger partial charge in [-0.2, -0.15) is 0 Å². The molecule has 0 amide bonds. The van der Waals surface area contributed by atoms with Crippen molar-refractivity contribution < 1.29 is 0 Å². The Kier molecular flexibility index (Phi) is 10.5. The van der Waals surface area contributed by atoms with Crippen LogP contribution in [0.3, 0.4) is 0 Å². The zero-order chi connectivity index (χ0) is 42.1. The molecule has 0 nitrogen and oxygen atoms in total. The van der Waals surface area contributed by atoms with Crippen LogP contribution in [0, 0.1) is 0 Å². The Hall–Kier alpha value is -4.34. The molecular weight excluding hydrogens is 989 g/mol. The molecule has 0 saturated carbocycles. The summed E-state index contributed by atoms with van der Waals surface area (Å²) in [5.74, 6) is 0. The molecule has 0 spiro atoms. The highest BCUT2D eigenvalue weighted by molar-refractivity contribution is 7.28. The van der Waals surface area contributed by atoms with Crippen LogP contribution in [0.1, 0.15) is 35.7 Å². The van der Waals surface area contributed by atoms with Crippen molar-refractivity contribution in [3.63, 3.8) is 0 Å². The number of hydrogen-bond acceptors (Lipinski definition) is 11. The maximum Gasteiger partial charge on any atom is 0.0449 e. The van der Waals surface area contributed by atoms with Crippen LogP contribution in [0.2, 0.25) is 0 Å². The minimum atomic E-state index is 0.973. The minimum absolute atomic E-state index is 0.973. The molecule has 0 bridgehead atoms. The molecule has 0 aliphatic heterocycles. The smallest absolute Gasteiger partial charge is 0.0449 e. The van der Waals surface area contributed by atoms with Gasteiger partial charge in [-0.1, -0.05) is 36.4 Å². The van der Waals surface area contributed by atoms with Crippen LogP contribution in [0.5, 0.6) is 0 Å². The zero-order valence-electron chi connectivity index (χ0n) is 33.4. The Bertz CT molecular complexity index is 3560. The summed E-state index contributed by atoms with van der Waals surface area (Å²) in [6.45, 7) is 0. The van der Waals surface area contributed by atoms with E-state index in [1.165, 1.54) is 121 Å². The molecule has 0 radical (unpaired) electrons. The number of allylic oxidation sites excluding steroid dienone is 8. The van der Waals surface area contributed by atoms with Gasteiger partial charge in [-0.15, -0.1) is 125 Å². The first-order chi connectivity index (χ1) is 31.7. The Morgan fingerprint density at radius 3 is 0.766 bits per heavy atom. The van der Waals surface area contributed by atoms with Crippen molar-refractivity contribution in [2.45, 2.75) is 6.42 Å². The third-order valence-electron chi connectivity index (χ3n) is 11.3. The second kappa shape index (κ2) is 16.8. The molecule has 13 rings (SSSR count). The standard InChI is InChI=1S/C53H30S11/c1-5-32(54-25-1)30-9-10-31(29-30)33-11-21-46(58-33)50-51(47-22-18-43(62-47)40-15-12-37(59-40)34-6-2-26-55-34)53(49-24-20-45(64-49)42-17-14-39(61-42)36-8-4-28-57-36)52(50)48-23-19-44(63-48)41-16-13-38(60-41)35-7-3-27-56-35/h1-28H,29H2. The van der Waals surface area contributed by atoms with E-state index < -0.39 is 0 Å². The lowest BCUT2D eigenvalue weighted by molar-refractivity contribution is 1.49. The Labute approximate surface area is 415 Å². The first-order valence-corrected chi connectivity index (χ1v) is 29.7. The Balaban J connectivity index is 0.941. The van der Waals surface area contributed by atoms with Crippen LogP contribution < -0.4 is 0 Å². The summed E-state index contributed by atoms with van der Waals surface area (Å²) in [6.07, 6.45) is 5.64.